The molecule has 2 N–H and O–H groups in total. The zero-order valence-corrected chi connectivity index (χ0v) is 15.8. The second-order valence-corrected chi connectivity index (χ2v) is 6.15. The van der Waals surface area contributed by atoms with Gasteiger partial charge in [-0.1, -0.05) is 18.8 Å². The molecule has 0 radical (unpaired) electrons. The molecular weight excluding hydrogens is 356 g/mol. The number of carboxylic acid groups (broad SMARTS) is 1. The minimum absolute atomic E-state index is 0.111. The summed E-state index contributed by atoms with van der Waals surface area (Å²) in [5.41, 5.74) is 2.17. The molecule has 0 aliphatic rings. The molecule has 2 heterocycles. The maximum atomic E-state index is 11.9. The number of rotatable bonds is 4. The lowest BCUT2D eigenvalue weighted by Gasteiger charge is -2.09. The predicted octanol–water partition coefficient (Wildman–Crippen LogP) is 1.35. The lowest BCUT2D eigenvalue weighted by atomic mass is 10.1. The van der Waals surface area contributed by atoms with Gasteiger partial charge in [-0.15, -0.1) is 0 Å². The van der Waals surface area contributed by atoms with Crippen LogP contribution < -0.4 is 10.7 Å². The Kier molecular flexibility index (Phi) is 7.38. The van der Waals surface area contributed by atoms with E-state index in [1.807, 2.05) is 36.2 Å². The van der Waals surface area contributed by atoms with Crippen LogP contribution in [0.1, 0.15) is 25.3 Å². The standard InChI is InChI=1S/C18H16N4O.C3H6O2/c1-22(11-3-8-19)10-2-4-13-5-6-16-15(12-13)14-7-9-20-17(14)18(23)21-16;1-2-3(4)5/h5-7,9,12,20H,3,10-11H2,1H3,(H,21,23);2H2,1H3,(H,4,5)/p-1. The lowest BCUT2D eigenvalue weighted by molar-refractivity contribution is -0.305. The molecule has 0 amide bonds. The molecule has 0 aliphatic carbocycles. The summed E-state index contributed by atoms with van der Waals surface area (Å²) in [7, 11) is 1.94. The quantitative estimate of drug-likeness (QED) is 0.666. The van der Waals surface area contributed by atoms with Crippen LogP contribution in [0.15, 0.2) is 35.3 Å². The van der Waals surface area contributed by atoms with E-state index < -0.39 is 5.97 Å². The molecule has 0 bridgehead atoms. The number of hydrogen-bond acceptors (Lipinski definition) is 5. The van der Waals surface area contributed by atoms with Crippen molar-refractivity contribution < 1.29 is 9.90 Å². The van der Waals surface area contributed by atoms with Crippen LogP contribution in [0.3, 0.4) is 0 Å². The van der Waals surface area contributed by atoms with E-state index in [1.54, 1.807) is 6.20 Å². The van der Waals surface area contributed by atoms with Crippen molar-refractivity contribution in [3.8, 4) is 17.9 Å². The van der Waals surface area contributed by atoms with Gasteiger partial charge in [0, 0.05) is 47.0 Å². The molecule has 7 heteroatoms. The summed E-state index contributed by atoms with van der Waals surface area (Å²) in [6.45, 7) is 2.87. The van der Waals surface area contributed by atoms with Crippen LogP contribution in [0.4, 0.5) is 0 Å². The molecule has 1 aromatic carbocycles. The van der Waals surface area contributed by atoms with Crippen LogP contribution in [0, 0.1) is 23.2 Å². The third-order valence-corrected chi connectivity index (χ3v) is 4.01. The second kappa shape index (κ2) is 9.96. The molecule has 0 aliphatic heterocycles. The van der Waals surface area contributed by atoms with Crippen molar-refractivity contribution in [3.05, 3.63) is 46.4 Å². The monoisotopic (exact) mass is 377 g/mol. The Morgan fingerprint density at radius 2 is 2.04 bits per heavy atom. The van der Waals surface area contributed by atoms with E-state index in [2.05, 4.69) is 27.9 Å². The van der Waals surface area contributed by atoms with Gasteiger partial charge in [0.15, 0.2) is 0 Å². The Balaban J connectivity index is 0.000000500. The van der Waals surface area contributed by atoms with Gasteiger partial charge >= 0.3 is 0 Å². The number of carbonyl (C=O) groups excluding carboxylic acids is 1. The van der Waals surface area contributed by atoms with Gasteiger partial charge in [-0.05, 0) is 37.7 Å². The van der Waals surface area contributed by atoms with Crippen molar-refractivity contribution in [2.75, 3.05) is 20.1 Å². The smallest absolute Gasteiger partial charge is 0.272 e. The number of carbonyl (C=O) groups is 1. The van der Waals surface area contributed by atoms with E-state index in [1.165, 1.54) is 6.92 Å². The number of aliphatic carboxylic acids is 1. The maximum absolute atomic E-state index is 11.9. The SMILES string of the molecule is CCC(=O)[O-].CN(CC#Cc1ccc2[nH]c(=O)c3[nH]ccc3c2c1)CCC#N. The minimum atomic E-state index is -0.995. The molecule has 0 fully saturated rings. The van der Waals surface area contributed by atoms with Crippen LogP contribution >= 0.6 is 0 Å². The van der Waals surface area contributed by atoms with Crippen LogP contribution in [0.5, 0.6) is 0 Å². The predicted molar refractivity (Wildman–Crippen MR) is 106 cm³/mol. The first kappa shape index (κ1) is 20.8. The van der Waals surface area contributed by atoms with Crippen LogP contribution in [0.25, 0.3) is 21.8 Å². The van der Waals surface area contributed by atoms with E-state index in [0.29, 0.717) is 25.0 Å². The van der Waals surface area contributed by atoms with Gasteiger partial charge in [0.05, 0.1) is 12.6 Å². The topological polar surface area (TPSA) is 116 Å². The van der Waals surface area contributed by atoms with E-state index in [0.717, 1.165) is 21.9 Å². The summed E-state index contributed by atoms with van der Waals surface area (Å²) in [4.78, 5) is 29.0. The Hall–Kier alpha value is -3.55. The fourth-order valence-corrected chi connectivity index (χ4v) is 2.52. The van der Waals surface area contributed by atoms with Crippen LogP contribution in [0.2, 0.25) is 0 Å². The van der Waals surface area contributed by atoms with E-state index >= 15 is 0 Å². The summed E-state index contributed by atoms with van der Waals surface area (Å²) in [6.07, 6.45) is 2.38. The average Bonchev–Trinajstić information content (AvgIpc) is 3.18. The highest BCUT2D eigenvalue weighted by molar-refractivity contribution is 6.04. The third-order valence-electron chi connectivity index (χ3n) is 4.01. The highest BCUT2D eigenvalue weighted by Gasteiger charge is 2.06. The molecule has 2 aromatic heterocycles. The number of fused-ring (bicyclic) bond motifs is 3. The maximum Gasteiger partial charge on any atom is 0.272 e. The Labute approximate surface area is 162 Å². The van der Waals surface area contributed by atoms with Crippen molar-refractivity contribution >= 4 is 27.8 Å². The number of nitriles is 1. The first-order valence-electron chi connectivity index (χ1n) is 8.83. The largest absolute Gasteiger partial charge is 0.550 e. The van der Waals surface area contributed by atoms with Crippen molar-refractivity contribution in [2.45, 2.75) is 19.8 Å². The Morgan fingerprint density at radius 1 is 1.29 bits per heavy atom. The molecule has 3 rings (SSSR count). The van der Waals surface area contributed by atoms with Gasteiger partial charge in [0.1, 0.15) is 5.52 Å². The van der Waals surface area contributed by atoms with E-state index in [-0.39, 0.29) is 12.0 Å². The second-order valence-electron chi connectivity index (χ2n) is 6.15. The van der Waals surface area contributed by atoms with Crippen molar-refractivity contribution in [1.29, 1.82) is 5.26 Å². The fourth-order valence-electron chi connectivity index (χ4n) is 2.52. The van der Waals surface area contributed by atoms with Gasteiger partial charge in [-0.25, -0.2) is 0 Å². The molecule has 3 aromatic rings. The number of nitrogens with one attached hydrogen (secondary N) is 2. The summed E-state index contributed by atoms with van der Waals surface area (Å²) in [5, 5.41) is 19.7. The minimum Gasteiger partial charge on any atom is -0.550 e. The molecule has 7 nitrogen and oxygen atoms in total. The van der Waals surface area contributed by atoms with Crippen LogP contribution in [-0.4, -0.2) is 41.0 Å². The molecular formula is C21H21N4O3-. The fraction of sp³-hybridized carbons (Fsp3) is 0.286. The number of H-pyrrole nitrogens is 2. The van der Waals surface area contributed by atoms with Gasteiger partial charge in [-0.2, -0.15) is 5.26 Å². The summed E-state index contributed by atoms with van der Waals surface area (Å²) < 4.78 is 0. The molecule has 0 spiro atoms. The highest BCUT2D eigenvalue weighted by Crippen LogP contribution is 2.21. The summed E-state index contributed by atoms with van der Waals surface area (Å²) in [5.74, 6) is 5.26. The molecule has 0 saturated carbocycles. The highest BCUT2D eigenvalue weighted by atomic mass is 16.4. The molecule has 0 saturated heterocycles. The van der Waals surface area contributed by atoms with E-state index in [9.17, 15) is 14.7 Å². The van der Waals surface area contributed by atoms with Gasteiger partial charge < -0.3 is 19.9 Å². The van der Waals surface area contributed by atoms with E-state index in [4.69, 9.17) is 5.26 Å². The van der Waals surface area contributed by atoms with Gasteiger partial charge in [-0.3, -0.25) is 9.69 Å². The van der Waals surface area contributed by atoms with Crippen molar-refractivity contribution in [1.82, 2.24) is 14.9 Å². The number of carboxylic acids is 1. The summed E-state index contributed by atoms with van der Waals surface area (Å²) >= 11 is 0. The van der Waals surface area contributed by atoms with Crippen molar-refractivity contribution in [2.24, 2.45) is 0 Å². The number of benzene rings is 1. The Bertz CT molecular complexity index is 1130. The van der Waals surface area contributed by atoms with Crippen LogP contribution in [-0.2, 0) is 4.79 Å². The average molecular weight is 377 g/mol. The molecule has 144 valence electrons. The number of aromatic nitrogens is 2. The zero-order chi connectivity index (χ0) is 20.5. The first-order chi connectivity index (χ1) is 13.5. The van der Waals surface area contributed by atoms with Crippen molar-refractivity contribution in [3.63, 3.8) is 0 Å². The normalized spacial score (nSPS) is 10.1. The summed E-state index contributed by atoms with van der Waals surface area (Å²) in [6, 6.07) is 9.80. The number of hydrogen-bond donors (Lipinski definition) is 2. The van der Waals surface area contributed by atoms with Gasteiger partial charge in [0.25, 0.3) is 5.56 Å². The number of nitrogens with zero attached hydrogens (tertiary/aromatic N) is 2. The first-order valence-corrected chi connectivity index (χ1v) is 8.83. The molecule has 0 atom stereocenters. The van der Waals surface area contributed by atoms with Gasteiger partial charge in [0.2, 0.25) is 0 Å². The number of aromatic amines is 2. The third kappa shape index (κ3) is 5.47. The Morgan fingerprint density at radius 3 is 2.71 bits per heavy atom. The zero-order valence-electron chi connectivity index (χ0n) is 15.8. The molecule has 0 unspecified atom stereocenters. The lowest BCUT2D eigenvalue weighted by Crippen LogP contribution is -2.19. The molecule has 28 heavy (non-hydrogen) atoms. The number of pyridine rings is 1.